The van der Waals surface area contributed by atoms with Crippen LogP contribution in [0.25, 0.3) is 0 Å². The monoisotopic (exact) mass is 360 g/mol. The molecule has 0 bridgehead atoms. The molecule has 0 unspecified atom stereocenters. The Labute approximate surface area is 197 Å². The Morgan fingerprint density at radius 2 is 1.41 bits per heavy atom. The molecule has 108 valence electrons. The van der Waals surface area contributed by atoms with Crippen LogP contribution in [0.15, 0.2) is 0 Å². The number of hydrogen-bond donors (Lipinski definition) is 1. The Balaban J connectivity index is -0.000000540. The Morgan fingerprint density at radius 1 is 1.00 bits per heavy atom. The summed E-state index contributed by atoms with van der Waals surface area (Å²) in [6.45, 7) is -2.00. The van der Waals surface area contributed by atoms with Crippen molar-refractivity contribution in [2.24, 2.45) is 0 Å². The smallest absolute Gasteiger partial charge is 0.548 e. The summed E-state index contributed by atoms with van der Waals surface area (Å²) in [5, 5.41) is 33.4. The Bertz CT molecular complexity index is 370. The molecule has 0 spiro atoms. The maximum atomic E-state index is 11.5. The molecule has 0 aliphatic heterocycles. The summed E-state index contributed by atoms with van der Waals surface area (Å²) >= 11 is 1.11. The molecule has 9 nitrogen and oxygen atoms in total. The van der Waals surface area contributed by atoms with Crippen molar-refractivity contribution in [1.29, 1.82) is 0 Å². The first-order valence-corrected chi connectivity index (χ1v) is 6.32. The minimum atomic E-state index is -1.69. The number of carbonyl (C=O) groups excluding carboxylic acids is 4. The Morgan fingerprint density at radius 3 is 1.68 bits per heavy atom. The van der Waals surface area contributed by atoms with Crippen molar-refractivity contribution in [3.63, 3.8) is 0 Å². The van der Waals surface area contributed by atoms with Gasteiger partial charge in [-0.05, 0) is 6.26 Å². The fourth-order valence-electron chi connectivity index (χ4n) is 1.09. The standard InChI is InChI=1S/C9H14N2O7S.3Na/c1-19-4-5(8(16)17)10-9(18)11(2-6(12)13)3-7(14)15;;;/h5H,2-4H2,1H3,(H,10,18)(H,12,13)(H,14,15)(H,16,17);;;/q;3*+1/p-3/t5-;;;/m0.../s1. The molecule has 0 aromatic rings. The first-order valence-electron chi connectivity index (χ1n) is 4.92. The summed E-state index contributed by atoms with van der Waals surface area (Å²) in [4.78, 5) is 43.3. The number of carbonyl (C=O) groups is 4. The van der Waals surface area contributed by atoms with Crippen LogP contribution in [0.2, 0.25) is 0 Å². The maximum absolute atomic E-state index is 11.5. The van der Waals surface area contributed by atoms with Crippen LogP contribution in [0, 0.1) is 0 Å². The average Bonchev–Trinajstić information content (AvgIpc) is 2.25. The normalized spacial score (nSPS) is 9.86. The molecule has 0 saturated carbocycles. The van der Waals surface area contributed by atoms with Crippen molar-refractivity contribution in [3.05, 3.63) is 0 Å². The first-order chi connectivity index (χ1) is 8.77. The molecular weight excluding hydrogens is 349 g/mol. The van der Waals surface area contributed by atoms with E-state index in [1.54, 1.807) is 6.26 Å². The minimum absolute atomic E-state index is 0. The zero-order valence-corrected chi connectivity index (χ0v) is 19.7. The predicted molar refractivity (Wildman–Crippen MR) is 57.3 cm³/mol. The average molecular weight is 360 g/mol. The molecule has 0 radical (unpaired) electrons. The number of thioether (sulfide) groups is 1. The van der Waals surface area contributed by atoms with Gasteiger partial charge in [0.1, 0.15) is 0 Å². The van der Waals surface area contributed by atoms with Gasteiger partial charge in [0.25, 0.3) is 0 Å². The van der Waals surface area contributed by atoms with Crippen LogP contribution >= 0.6 is 11.8 Å². The molecular formula is C9H11N2Na3O7S. The molecule has 1 atom stereocenters. The second kappa shape index (κ2) is 16.9. The topological polar surface area (TPSA) is 153 Å². The van der Waals surface area contributed by atoms with Crippen molar-refractivity contribution >= 4 is 35.7 Å². The molecule has 0 fully saturated rings. The van der Waals surface area contributed by atoms with E-state index in [0.29, 0.717) is 4.90 Å². The van der Waals surface area contributed by atoms with Gasteiger partial charge in [0.05, 0.1) is 37.0 Å². The van der Waals surface area contributed by atoms with E-state index in [1.807, 2.05) is 5.32 Å². The molecule has 13 heteroatoms. The number of hydrogen-bond acceptors (Lipinski definition) is 8. The molecule has 0 heterocycles. The molecule has 2 amide bonds. The molecule has 0 aliphatic carbocycles. The molecule has 0 aliphatic rings. The molecule has 0 saturated heterocycles. The van der Waals surface area contributed by atoms with Gasteiger partial charge in [-0.3, -0.25) is 0 Å². The van der Waals surface area contributed by atoms with Gasteiger partial charge in [-0.15, -0.1) is 0 Å². The quantitative estimate of drug-likeness (QED) is 0.419. The number of nitrogens with zero attached hydrogens (tertiary/aromatic N) is 1. The predicted octanol–water partition coefficient (Wildman–Crippen LogP) is -14.0. The van der Waals surface area contributed by atoms with Gasteiger partial charge in [-0.25, -0.2) is 4.79 Å². The second-order valence-corrected chi connectivity index (χ2v) is 4.29. The van der Waals surface area contributed by atoms with E-state index in [0.717, 1.165) is 11.8 Å². The summed E-state index contributed by atoms with van der Waals surface area (Å²) in [6, 6.07) is -2.54. The van der Waals surface area contributed by atoms with Crippen LogP contribution in [0.5, 0.6) is 0 Å². The van der Waals surface area contributed by atoms with Gasteiger partial charge in [0.15, 0.2) is 0 Å². The molecule has 0 aromatic carbocycles. The van der Waals surface area contributed by atoms with Crippen LogP contribution in [0.3, 0.4) is 0 Å². The largest absolute Gasteiger partial charge is 1.00 e. The first kappa shape index (κ1) is 30.9. The van der Waals surface area contributed by atoms with E-state index in [9.17, 15) is 34.5 Å². The van der Waals surface area contributed by atoms with Crippen molar-refractivity contribution in [2.75, 3.05) is 25.1 Å². The van der Waals surface area contributed by atoms with Crippen LogP contribution in [0.1, 0.15) is 0 Å². The van der Waals surface area contributed by atoms with Crippen molar-refractivity contribution in [2.45, 2.75) is 6.04 Å². The second-order valence-electron chi connectivity index (χ2n) is 3.38. The van der Waals surface area contributed by atoms with Crippen molar-refractivity contribution in [1.82, 2.24) is 10.2 Å². The van der Waals surface area contributed by atoms with Gasteiger partial charge in [-0.1, -0.05) is 0 Å². The number of rotatable bonds is 8. The number of urea groups is 1. The number of carboxylic acid groups (broad SMARTS) is 3. The molecule has 22 heavy (non-hydrogen) atoms. The summed E-state index contributed by atoms with van der Waals surface area (Å²) < 4.78 is 0. The Hall–Kier alpha value is 1.03. The van der Waals surface area contributed by atoms with Crippen LogP contribution in [-0.2, 0) is 14.4 Å². The number of amides is 2. The Kier molecular flexibility index (Phi) is 23.7. The van der Waals surface area contributed by atoms with Gasteiger partial charge in [-0.2, -0.15) is 11.8 Å². The number of carboxylic acids is 3. The molecule has 0 rings (SSSR count). The van der Waals surface area contributed by atoms with Crippen molar-refractivity contribution < 1.29 is 123 Å². The van der Waals surface area contributed by atoms with Gasteiger partial charge in [0.2, 0.25) is 0 Å². The fraction of sp³-hybridized carbons (Fsp3) is 0.556. The number of aliphatic carboxylic acids is 3. The van der Waals surface area contributed by atoms with Gasteiger partial charge in [0, 0.05) is 5.75 Å². The third kappa shape index (κ3) is 14.6. The number of nitrogens with one attached hydrogen (secondary N) is 1. The molecule has 0 aromatic heterocycles. The summed E-state index contributed by atoms with van der Waals surface area (Å²) in [6.07, 6.45) is 1.59. The summed E-state index contributed by atoms with van der Waals surface area (Å²) in [5.74, 6) is -4.96. The maximum Gasteiger partial charge on any atom is 1.00 e. The van der Waals surface area contributed by atoms with Gasteiger partial charge >= 0.3 is 94.7 Å². The van der Waals surface area contributed by atoms with E-state index in [4.69, 9.17) is 0 Å². The van der Waals surface area contributed by atoms with E-state index in [-0.39, 0.29) is 94.4 Å². The van der Waals surface area contributed by atoms with Crippen LogP contribution in [-0.4, -0.2) is 60.0 Å². The van der Waals surface area contributed by atoms with E-state index >= 15 is 0 Å². The van der Waals surface area contributed by atoms with Gasteiger partial charge < -0.3 is 39.9 Å². The van der Waals surface area contributed by atoms with Crippen LogP contribution in [0.4, 0.5) is 4.79 Å². The third-order valence-corrected chi connectivity index (χ3v) is 2.51. The summed E-state index contributed by atoms with van der Waals surface area (Å²) in [5.41, 5.74) is 0. The van der Waals surface area contributed by atoms with E-state index in [2.05, 4.69) is 0 Å². The SMILES string of the molecule is CSC[C@H](NC(=O)N(CC(=O)[O-])CC(=O)[O-])C(=O)[O-].[Na+].[Na+].[Na+]. The zero-order chi connectivity index (χ0) is 15.0. The minimum Gasteiger partial charge on any atom is -0.548 e. The van der Waals surface area contributed by atoms with Crippen molar-refractivity contribution in [3.8, 4) is 0 Å². The zero-order valence-electron chi connectivity index (χ0n) is 12.9. The van der Waals surface area contributed by atoms with E-state index in [1.165, 1.54) is 0 Å². The summed E-state index contributed by atoms with van der Waals surface area (Å²) in [7, 11) is 0. The fourth-order valence-corrected chi connectivity index (χ4v) is 1.64. The van der Waals surface area contributed by atoms with E-state index < -0.39 is 43.1 Å². The molecule has 1 N–H and O–H groups in total. The third-order valence-electron chi connectivity index (χ3n) is 1.84. The van der Waals surface area contributed by atoms with Crippen LogP contribution < -0.4 is 109 Å².